The summed E-state index contributed by atoms with van der Waals surface area (Å²) >= 11 is 0. The van der Waals surface area contributed by atoms with Crippen molar-refractivity contribution in [2.24, 2.45) is 11.8 Å². The van der Waals surface area contributed by atoms with E-state index in [0.717, 1.165) is 24.7 Å². The van der Waals surface area contributed by atoms with Crippen molar-refractivity contribution in [1.29, 1.82) is 0 Å². The number of ether oxygens (including phenoxy) is 1. The third-order valence-electron chi connectivity index (χ3n) is 5.81. The first-order valence-corrected chi connectivity index (χ1v) is 9.61. The molecule has 1 aromatic carbocycles. The van der Waals surface area contributed by atoms with Gasteiger partial charge in [-0.1, -0.05) is 37.8 Å². The van der Waals surface area contributed by atoms with Crippen molar-refractivity contribution in [3.8, 4) is 5.75 Å². The molecule has 136 valence electrons. The van der Waals surface area contributed by atoms with Crippen molar-refractivity contribution in [2.45, 2.75) is 70.9 Å². The zero-order chi connectivity index (χ0) is 17.8. The normalized spacial score (nSPS) is 27.0. The fourth-order valence-corrected chi connectivity index (χ4v) is 4.37. The van der Waals surface area contributed by atoms with Gasteiger partial charge in [0.05, 0.1) is 0 Å². The Morgan fingerprint density at radius 3 is 2.64 bits per heavy atom. The van der Waals surface area contributed by atoms with E-state index in [2.05, 4.69) is 5.32 Å². The Morgan fingerprint density at radius 2 is 1.88 bits per heavy atom. The second-order valence-corrected chi connectivity index (χ2v) is 7.67. The molecule has 0 spiro atoms. The number of ketones is 1. The van der Waals surface area contributed by atoms with Crippen LogP contribution in [0.3, 0.4) is 0 Å². The number of carbonyl (C=O) groups is 2. The molecule has 0 unspecified atom stereocenters. The van der Waals surface area contributed by atoms with E-state index in [1.54, 1.807) is 31.2 Å². The summed E-state index contributed by atoms with van der Waals surface area (Å²) in [5.41, 5.74) is 0.598. The predicted molar refractivity (Wildman–Crippen MR) is 97.8 cm³/mol. The number of rotatable bonds is 5. The van der Waals surface area contributed by atoms with Crippen LogP contribution in [-0.2, 0) is 4.79 Å². The van der Waals surface area contributed by atoms with Gasteiger partial charge in [-0.25, -0.2) is 0 Å². The first-order valence-electron chi connectivity index (χ1n) is 9.61. The van der Waals surface area contributed by atoms with Gasteiger partial charge in [0.2, 0.25) is 0 Å². The minimum atomic E-state index is -0.564. The van der Waals surface area contributed by atoms with E-state index >= 15 is 0 Å². The Morgan fingerprint density at radius 1 is 1.12 bits per heavy atom. The number of hydrogen-bond donors (Lipinski definition) is 1. The van der Waals surface area contributed by atoms with Crippen LogP contribution in [-0.4, -0.2) is 23.8 Å². The maximum Gasteiger partial charge on any atom is 0.260 e. The molecule has 2 aliphatic carbocycles. The highest BCUT2D eigenvalue weighted by Crippen LogP contribution is 2.40. The molecule has 4 atom stereocenters. The molecule has 1 N–H and O–H groups in total. The molecule has 4 heteroatoms. The van der Waals surface area contributed by atoms with Gasteiger partial charge in [-0.2, -0.15) is 0 Å². The van der Waals surface area contributed by atoms with Gasteiger partial charge in [0, 0.05) is 11.6 Å². The number of amides is 1. The molecule has 4 nitrogen and oxygen atoms in total. The van der Waals surface area contributed by atoms with Crippen LogP contribution >= 0.6 is 0 Å². The molecule has 0 radical (unpaired) electrons. The van der Waals surface area contributed by atoms with Crippen LogP contribution in [0.1, 0.15) is 69.2 Å². The largest absolute Gasteiger partial charge is 0.481 e. The minimum Gasteiger partial charge on any atom is -0.481 e. The first kappa shape index (κ1) is 18.0. The lowest BCUT2D eigenvalue weighted by Crippen LogP contribution is -2.46. The summed E-state index contributed by atoms with van der Waals surface area (Å²) < 4.78 is 5.75. The standard InChI is InChI=1S/C21H29NO3/c1-14(23)17-8-5-9-20(13-17)25-15(2)21(24)22-19-11-10-16-6-3-4-7-18(16)12-19/h5,8-9,13,15-16,18-19H,3-4,6-7,10-12H2,1-2H3,(H,22,24)/t15-,16-,18+,19-/m1/s1. The quantitative estimate of drug-likeness (QED) is 0.818. The summed E-state index contributed by atoms with van der Waals surface area (Å²) in [4.78, 5) is 24.0. The summed E-state index contributed by atoms with van der Waals surface area (Å²) in [5.74, 6) is 2.16. The second kappa shape index (κ2) is 8.03. The fourth-order valence-electron chi connectivity index (χ4n) is 4.37. The Hall–Kier alpha value is -1.84. The van der Waals surface area contributed by atoms with Crippen LogP contribution < -0.4 is 10.1 Å². The molecule has 3 rings (SSSR count). The monoisotopic (exact) mass is 343 g/mol. The van der Waals surface area contributed by atoms with E-state index in [0.29, 0.717) is 11.3 Å². The number of hydrogen-bond acceptors (Lipinski definition) is 3. The molecule has 0 saturated heterocycles. The Kier molecular flexibility index (Phi) is 5.77. The molecule has 25 heavy (non-hydrogen) atoms. The lowest BCUT2D eigenvalue weighted by molar-refractivity contribution is -0.128. The Bertz CT molecular complexity index is 627. The predicted octanol–water partition coefficient (Wildman–Crippen LogP) is 4.13. The lowest BCUT2D eigenvalue weighted by Gasteiger charge is -2.39. The maximum atomic E-state index is 12.5. The van der Waals surface area contributed by atoms with Gasteiger partial charge in [-0.15, -0.1) is 0 Å². The fraction of sp³-hybridized carbons (Fsp3) is 0.619. The Balaban J connectivity index is 1.52. The zero-order valence-electron chi connectivity index (χ0n) is 15.3. The number of carbonyl (C=O) groups excluding carboxylic acids is 2. The molecular formula is C21H29NO3. The van der Waals surface area contributed by atoms with Crippen LogP contribution in [0, 0.1) is 11.8 Å². The summed E-state index contributed by atoms with van der Waals surface area (Å²) in [6.45, 7) is 3.29. The molecule has 2 fully saturated rings. The van der Waals surface area contributed by atoms with Crippen molar-refractivity contribution in [3.05, 3.63) is 29.8 Å². The van der Waals surface area contributed by atoms with E-state index in [9.17, 15) is 9.59 Å². The third-order valence-corrected chi connectivity index (χ3v) is 5.81. The minimum absolute atomic E-state index is 0.00760. The van der Waals surface area contributed by atoms with Crippen LogP contribution in [0.4, 0.5) is 0 Å². The molecule has 2 saturated carbocycles. The van der Waals surface area contributed by atoms with Gasteiger partial charge < -0.3 is 10.1 Å². The van der Waals surface area contributed by atoms with Crippen molar-refractivity contribution >= 4 is 11.7 Å². The molecule has 0 heterocycles. The van der Waals surface area contributed by atoms with Gasteiger partial charge in [0.1, 0.15) is 5.75 Å². The second-order valence-electron chi connectivity index (χ2n) is 7.67. The van der Waals surface area contributed by atoms with E-state index in [1.807, 2.05) is 0 Å². The molecule has 0 aliphatic heterocycles. The summed E-state index contributed by atoms with van der Waals surface area (Å²) in [6, 6.07) is 7.29. The van der Waals surface area contributed by atoms with Crippen LogP contribution in [0.15, 0.2) is 24.3 Å². The average Bonchev–Trinajstić information content (AvgIpc) is 2.61. The zero-order valence-corrected chi connectivity index (χ0v) is 15.3. The van der Waals surface area contributed by atoms with Crippen LogP contribution in [0.25, 0.3) is 0 Å². The molecule has 0 bridgehead atoms. The lowest BCUT2D eigenvalue weighted by atomic mass is 9.69. The first-order chi connectivity index (χ1) is 12.0. The molecule has 1 aromatic rings. The number of fused-ring (bicyclic) bond motifs is 1. The van der Waals surface area contributed by atoms with Gasteiger partial charge in [-0.05, 0) is 57.1 Å². The van der Waals surface area contributed by atoms with Gasteiger partial charge in [-0.3, -0.25) is 9.59 Å². The van der Waals surface area contributed by atoms with Gasteiger partial charge in [0.25, 0.3) is 5.91 Å². The average molecular weight is 343 g/mol. The van der Waals surface area contributed by atoms with E-state index in [4.69, 9.17) is 4.74 Å². The van der Waals surface area contributed by atoms with Crippen molar-refractivity contribution in [1.82, 2.24) is 5.32 Å². The molecule has 2 aliphatic rings. The molecule has 1 amide bonds. The smallest absolute Gasteiger partial charge is 0.260 e. The SMILES string of the molecule is CC(=O)c1cccc(O[C@H](C)C(=O)N[C@@H]2CC[C@H]3CCCC[C@H]3C2)c1. The van der Waals surface area contributed by atoms with Crippen molar-refractivity contribution in [2.75, 3.05) is 0 Å². The van der Waals surface area contributed by atoms with Gasteiger partial charge in [0.15, 0.2) is 11.9 Å². The van der Waals surface area contributed by atoms with Crippen molar-refractivity contribution in [3.63, 3.8) is 0 Å². The highest BCUT2D eigenvalue weighted by Gasteiger charge is 2.33. The third kappa shape index (κ3) is 4.62. The highest BCUT2D eigenvalue weighted by atomic mass is 16.5. The topological polar surface area (TPSA) is 55.4 Å². The highest BCUT2D eigenvalue weighted by molar-refractivity contribution is 5.94. The van der Waals surface area contributed by atoms with E-state index in [-0.39, 0.29) is 17.7 Å². The van der Waals surface area contributed by atoms with Crippen LogP contribution in [0.5, 0.6) is 5.75 Å². The maximum absolute atomic E-state index is 12.5. The van der Waals surface area contributed by atoms with Gasteiger partial charge >= 0.3 is 0 Å². The summed E-state index contributed by atoms with van der Waals surface area (Å²) in [6.07, 6.45) is 8.29. The van der Waals surface area contributed by atoms with E-state index < -0.39 is 6.10 Å². The molecule has 0 aromatic heterocycles. The number of nitrogens with one attached hydrogen (secondary N) is 1. The summed E-state index contributed by atoms with van der Waals surface area (Å²) in [7, 11) is 0. The number of benzene rings is 1. The van der Waals surface area contributed by atoms with Crippen LogP contribution in [0.2, 0.25) is 0 Å². The summed E-state index contributed by atoms with van der Waals surface area (Å²) in [5, 5.41) is 3.18. The van der Waals surface area contributed by atoms with Crippen molar-refractivity contribution < 1.29 is 14.3 Å². The Labute approximate surface area is 150 Å². The number of Topliss-reactive ketones (excluding diaryl/α,β-unsaturated/α-hetero) is 1. The molecular weight excluding hydrogens is 314 g/mol. The van der Waals surface area contributed by atoms with E-state index in [1.165, 1.54) is 39.0 Å².